The largest absolute Gasteiger partial charge is 0.469 e. The lowest BCUT2D eigenvalue weighted by atomic mass is 9.88. The Morgan fingerprint density at radius 3 is 2.67 bits per heavy atom. The summed E-state index contributed by atoms with van der Waals surface area (Å²) < 4.78 is 4.64. The molecule has 0 N–H and O–H groups in total. The number of hydrogen-bond donors (Lipinski definition) is 0. The second kappa shape index (κ2) is 6.09. The number of aryl methyl sites for hydroxylation is 1. The lowest BCUT2D eigenvalue weighted by Gasteiger charge is -2.18. The van der Waals surface area contributed by atoms with Crippen molar-refractivity contribution in [2.45, 2.75) is 19.8 Å². The number of rotatable bonds is 5. The van der Waals surface area contributed by atoms with Crippen molar-refractivity contribution in [3.8, 4) is 0 Å². The van der Waals surface area contributed by atoms with E-state index in [0.29, 0.717) is 5.56 Å². The molecule has 0 saturated carbocycles. The van der Waals surface area contributed by atoms with Gasteiger partial charge < -0.3 is 4.74 Å². The molecule has 6 nitrogen and oxygen atoms in total. The molecule has 0 aliphatic carbocycles. The van der Waals surface area contributed by atoms with E-state index in [-0.39, 0.29) is 6.54 Å². The molecule has 18 heavy (non-hydrogen) atoms. The molecule has 0 saturated heterocycles. The van der Waals surface area contributed by atoms with Crippen LogP contribution in [0, 0.1) is 23.0 Å². The van der Waals surface area contributed by atoms with Crippen LogP contribution in [0.5, 0.6) is 0 Å². The van der Waals surface area contributed by atoms with Gasteiger partial charge in [0.05, 0.1) is 18.9 Å². The van der Waals surface area contributed by atoms with Crippen molar-refractivity contribution in [3.63, 3.8) is 0 Å². The number of ether oxygens (including phenoxy) is 1. The summed E-state index contributed by atoms with van der Waals surface area (Å²) in [5.74, 6) is -1.56. The highest BCUT2D eigenvalue weighted by atomic mass is 16.6. The number of hydrogen-bond acceptors (Lipinski definition) is 5. The molecule has 0 amide bonds. The molecule has 1 rings (SSSR count). The van der Waals surface area contributed by atoms with Gasteiger partial charge in [-0.15, -0.1) is 0 Å². The summed E-state index contributed by atoms with van der Waals surface area (Å²) >= 11 is 0. The van der Waals surface area contributed by atoms with Gasteiger partial charge in [-0.05, 0) is 18.6 Å². The van der Waals surface area contributed by atoms with Crippen molar-refractivity contribution >= 4 is 5.97 Å². The van der Waals surface area contributed by atoms with Crippen molar-refractivity contribution in [3.05, 3.63) is 39.7 Å². The zero-order valence-electron chi connectivity index (χ0n) is 10.6. The van der Waals surface area contributed by atoms with E-state index in [9.17, 15) is 14.9 Å². The Balaban J connectivity index is 3.00. The zero-order chi connectivity index (χ0) is 13.7. The summed E-state index contributed by atoms with van der Waals surface area (Å²) in [6, 6.07) is 3.53. The van der Waals surface area contributed by atoms with Crippen molar-refractivity contribution in [2.24, 2.45) is 5.92 Å². The lowest BCUT2D eigenvalue weighted by molar-refractivity contribution is -0.484. The number of carbonyl (C=O) groups excluding carboxylic acids is 1. The lowest BCUT2D eigenvalue weighted by Crippen LogP contribution is -2.26. The Bertz CT molecular complexity index is 430. The van der Waals surface area contributed by atoms with E-state index in [1.807, 2.05) is 6.92 Å². The van der Waals surface area contributed by atoms with Gasteiger partial charge in [-0.1, -0.05) is 13.0 Å². The first-order valence-corrected chi connectivity index (χ1v) is 5.58. The molecule has 0 aliphatic heterocycles. The van der Waals surface area contributed by atoms with Gasteiger partial charge in [0.1, 0.15) is 0 Å². The zero-order valence-corrected chi connectivity index (χ0v) is 10.6. The Kier molecular flexibility index (Phi) is 4.76. The van der Waals surface area contributed by atoms with Gasteiger partial charge in [0.15, 0.2) is 0 Å². The van der Waals surface area contributed by atoms with Crippen molar-refractivity contribution in [2.75, 3.05) is 13.7 Å². The minimum Gasteiger partial charge on any atom is -0.469 e. The Hall–Kier alpha value is -1.98. The number of methoxy groups -OCH3 is 1. The number of nitrogens with zero attached hydrogens (tertiary/aromatic N) is 2. The minimum absolute atomic E-state index is 0.318. The topological polar surface area (TPSA) is 82.3 Å². The molecule has 1 heterocycles. The second-order valence-electron chi connectivity index (χ2n) is 4.17. The summed E-state index contributed by atoms with van der Waals surface area (Å²) in [4.78, 5) is 25.9. The molecule has 0 fully saturated rings. The molecule has 1 aromatic rings. The highest BCUT2D eigenvalue weighted by Gasteiger charge is 2.30. The molecule has 98 valence electrons. The van der Waals surface area contributed by atoms with Gasteiger partial charge in [-0.3, -0.25) is 19.9 Å². The SMILES string of the molecule is COC(=O)C(C)[C@@H](C[N+](=O)[O-])c1ccc(C)nc1. The molecule has 2 atom stereocenters. The number of carbonyl (C=O) groups is 1. The molecular formula is C12H16N2O4. The van der Waals surface area contributed by atoms with Crippen LogP contribution in [0.3, 0.4) is 0 Å². The molecular weight excluding hydrogens is 236 g/mol. The van der Waals surface area contributed by atoms with Crippen LogP contribution in [0.15, 0.2) is 18.3 Å². The highest BCUT2D eigenvalue weighted by Crippen LogP contribution is 2.25. The number of esters is 1. The third kappa shape index (κ3) is 3.51. The van der Waals surface area contributed by atoms with Crippen LogP contribution >= 0.6 is 0 Å². The average molecular weight is 252 g/mol. The number of pyridine rings is 1. The van der Waals surface area contributed by atoms with Crippen LogP contribution < -0.4 is 0 Å². The second-order valence-corrected chi connectivity index (χ2v) is 4.17. The minimum atomic E-state index is -0.579. The van der Waals surface area contributed by atoms with Crippen LogP contribution in [-0.4, -0.2) is 29.5 Å². The van der Waals surface area contributed by atoms with Gasteiger partial charge >= 0.3 is 5.97 Å². The van der Waals surface area contributed by atoms with Crippen molar-refractivity contribution in [1.82, 2.24) is 4.98 Å². The van der Waals surface area contributed by atoms with Gasteiger partial charge in [0.25, 0.3) is 0 Å². The summed E-state index contributed by atoms with van der Waals surface area (Å²) in [5.41, 5.74) is 1.50. The quantitative estimate of drug-likeness (QED) is 0.451. The van der Waals surface area contributed by atoms with Crippen molar-refractivity contribution in [1.29, 1.82) is 0 Å². The smallest absolute Gasteiger partial charge is 0.309 e. The van der Waals surface area contributed by atoms with E-state index in [1.54, 1.807) is 25.3 Å². The van der Waals surface area contributed by atoms with E-state index in [0.717, 1.165) is 5.69 Å². The molecule has 0 radical (unpaired) electrons. The number of nitro groups is 1. The molecule has 0 spiro atoms. The molecule has 6 heteroatoms. The van der Waals surface area contributed by atoms with Crippen LogP contribution in [0.2, 0.25) is 0 Å². The molecule has 0 aromatic carbocycles. The Morgan fingerprint density at radius 2 is 2.22 bits per heavy atom. The van der Waals surface area contributed by atoms with Gasteiger partial charge in [0, 0.05) is 16.8 Å². The third-order valence-electron chi connectivity index (χ3n) is 2.88. The predicted molar refractivity (Wildman–Crippen MR) is 64.8 cm³/mol. The predicted octanol–water partition coefficient (Wildman–Crippen LogP) is 1.56. The highest BCUT2D eigenvalue weighted by molar-refractivity contribution is 5.73. The first kappa shape index (κ1) is 14.1. The number of aromatic nitrogens is 1. The van der Waals surface area contributed by atoms with Crippen molar-refractivity contribution < 1.29 is 14.5 Å². The van der Waals surface area contributed by atoms with Gasteiger partial charge in [0.2, 0.25) is 6.54 Å². The van der Waals surface area contributed by atoms with E-state index < -0.39 is 22.7 Å². The molecule has 1 unspecified atom stereocenters. The fraction of sp³-hybridized carbons (Fsp3) is 0.500. The summed E-state index contributed by atoms with van der Waals surface area (Å²) in [5, 5.41) is 10.7. The monoisotopic (exact) mass is 252 g/mol. The van der Waals surface area contributed by atoms with Gasteiger partial charge in [-0.25, -0.2) is 0 Å². The molecule has 1 aromatic heterocycles. The fourth-order valence-corrected chi connectivity index (χ4v) is 1.76. The third-order valence-corrected chi connectivity index (χ3v) is 2.88. The average Bonchev–Trinajstić information content (AvgIpc) is 2.35. The summed E-state index contributed by atoms with van der Waals surface area (Å²) in [7, 11) is 1.27. The maximum Gasteiger partial charge on any atom is 0.309 e. The van der Waals surface area contributed by atoms with Crippen LogP contribution in [0.4, 0.5) is 0 Å². The van der Waals surface area contributed by atoms with E-state index in [2.05, 4.69) is 9.72 Å². The van der Waals surface area contributed by atoms with Crippen LogP contribution in [0.1, 0.15) is 24.1 Å². The van der Waals surface area contributed by atoms with E-state index in [4.69, 9.17) is 0 Å². The van der Waals surface area contributed by atoms with E-state index >= 15 is 0 Å². The van der Waals surface area contributed by atoms with Crippen LogP contribution in [-0.2, 0) is 9.53 Å². The summed E-state index contributed by atoms with van der Waals surface area (Å²) in [6.07, 6.45) is 1.57. The first-order chi connectivity index (χ1) is 8.45. The Labute approximate surface area is 105 Å². The fourth-order valence-electron chi connectivity index (χ4n) is 1.76. The Morgan fingerprint density at radius 1 is 1.56 bits per heavy atom. The summed E-state index contributed by atoms with van der Waals surface area (Å²) in [6.45, 7) is 3.14. The van der Waals surface area contributed by atoms with Crippen LogP contribution in [0.25, 0.3) is 0 Å². The molecule has 0 bridgehead atoms. The first-order valence-electron chi connectivity index (χ1n) is 5.58. The molecule has 0 aliphatic rings. The van der Waals surface area contributed by atoms with E-state index in [1.165, 1.54) is 7.11 Å². The standard InChI is InChI=1S/C12H16N2O4/c1-8-4-5-10(6-13-8)11(7-14(16)17)9(2)12(15)18-3/h4-6,9,11H,7H2,1-3H3/t9?,11-/m1/s1. The maximum absolute atomic E-state index is 11.5. The van der Waals surface area contributed by atoms with Gasteiger partial charge in [-0.2, -0.15) is 0 Å². The maximum atomic E-state index is 11.5. The normalized spacial score (nSPS) is 13.7.